The summed E-state index contributed by atoms with van der Waals surface area (Å²) in [6, 6.07) is 12.5. The molecule has 0 radical (unpaired) electrons. The first-order chi connectivity index (χ1) is 15.5. The summed E-state index contributed by atoms with van der Waals surface area (Å²) < 4.78 is 16.1. The maximum absolute atomic E-state index is 13.0. The molecule has 0 saturated heterocycles. The molecule has 0 aliphatic carbocycles. The van der Waals surface area contributed by atoms with Gasteiger partial charge in [-0.1, -0.05) is 12.1 Å². The van der Waals surface area contributed by atoms with Gasteiger partial charge >= 0.3 is 0 Å². The zero-order valence-electron chi connectivity index (χ0n) is 18.2. The molecule has 3 aromatic rings. The third-order valence-electron chi connectivity index (χ3n) is 5.23. The largest absolute Gasteiger partial charge is 0.497 e. The summed E-state index contributed by atoms with van der Waals surface area (Å²) in [7, 11) is 3.21. The fourth-order valence-corrected chi connectivity index (χ4v) is 4.30. The lowest BCUT2D eigenvalue weighted by Crippen LogP contribution is -2.46. The first-order valence-corrected chi connectivity index (χ1v) is 11.1. The van der Waals surface area contributed by atoms with Crippen molar-refractivity contribution >= 4 is 28.7 Å². The van der Waals surface area contributed by atoms with Crippen LogP contribution >= 0.6 is 11.3 Å². The van der Waals surface area contributed by atoms with E-state index in [1.807, 2.05) is 23.6 Å². The van der Waals surface area contributed by atoms with Gasteiger partial charge in [0.15, 0.2) is 11.9 Å². The second-order valence-corrected chi connectivity index (χ2v) is 8.33. The van der Waals surface area contributed by atoms with Crippen molar-refractivity contribution in [2.45, 2.75) is 19.4 Å². The number of carbonyl (C=O) groups is 2. The van der Waals surface area contributed by atoms with Gasteiger partial charge in [0.25, 0.3) is 5.91 Å². The Balaban J connectivity index is 1.64. The highest BCUT2D eigenvalue weighted by Gasteiger charge is 2.33. The topological polar surface area (TPSA) is 78.0 Å². The van der Waals surface area contributed by atoms with Crippen LogP contribution in [0.5, 0.6) is 11.5 Å². The van der Waals surface area contributed by atoms with Crippen molar-refractivity contribution in [3.8, 4) is 22.8 Å². The molecule has 1 amide bonds. The normalized spacial score (nSPS) is 15.3. The molecular formula is C24H24N2O5S. The number of carbonyl (C=O) groups excluding carboxylic acids is 2. The van der Waals surface area contributed by atoms with Crippen LogP contribution in [0.1, 0.15) is 22.3 Å². The minimum atomic E-state index is -0.675. The van der Waals surface area contributed by atoms with Gasteiger partial charge in [-0.05, 0) is 37.3 Å². The van der Waals surface area contributed by atoms with E-state index in [9.17, 15) is 9.59 Å². The van der Waals surface area contributed by atoms with Crippen molar-refractivity contribution < 1.29 is 23.8 Å². The molecule has 166 valence electrons. The van der Waals surface area contributed by atoms with E-state index in [0.717, 1.165) is 22.7 Å². The van der Waals surface area contributed by atoms with Gasteiger partial charge in [-0.15, -0.1) is 11.3 Å². The quantitative estimate of drug-likeness (QED) is 0.481. The number of anilines is 1. The average molecular weight is 453 g/mol. The molecule has 1 aromatic heterocycles. The lowest BCUT2D eigenvalue weighted by molar-refractivity contribution is -0.125. The molecule has 2 heterocycles. The van der Waals surface area contributed by atoms with Gasteiger partial charge in [-0.25, -0.2) is 4.98 Å². The zero-order valence-corrected chi connectivity index (χ0v) is 19.0. The molecule has 1 aliphatic rings. The van der Waals surface area contributed by atoms with Gasteiger partial charge < -0.3 is 14.2 Å². The Hall–Kier alpha value is -3.23. The number of Topliss-reactive ketones (excluding diaryl/α,β-unsaturated/α-hetero) is 1. The van der Waals surface area contributed by atoms with E-state index in [-0.39, 0.29) is 18.2 Å². The van der Waals surface area contributed by atoms with Crippen LogP contribution in [-0.4, -0.2) is 50.1 Å². The number of thiazole rings is 1. The van der Waals surface area contributed by atoms with Crippen molar-refractivity contribution in [2.75, 3.05) is 32.3 Å². The summed E-state index contributed by atoms with van der Waals surface area (Å²) in [5.74, 6) is 0.713. The Morgan fingerprint density at radius 3 is 2.84 bits per heavy atom. The fourth-order valence-electron chi connectivity index (χ4n) is 3.51. The summed E-state index contributed by atoms with van der Waals surface area (Å²) in [5.41, 5.74) is 2.71. The lowest BCUT2D eigenvalue weighted by atomic mass is 10.1. The van der Waals surface area contributed by atoms with Gasteiger partial charge in [0.2, 0.25) is 0 Å². The summed E-state index contributed by atoms with van der Waals surface area (Å²) in [5, 5.41) is 2.96. The number of rotatable bonds is 8. The number of hydrogen-bond acceptors (Lipinski definition) is 7. The van der Waals surface area contributed by atoms with Crippen LogP contribution in [0.15, 0.2) is 47.8 Å². The zero-order chi connectivity index (χ0) is 22.7. The molecule has 0 saturated carbocycles. The van der Waals surface area contributed by atoms with Crippen LogP contribution in [0.3, 0.4) is 0 Å². The third-order valence-corrected chi connectivity index (χ3v) is 6.14. The van der Waals surface area contributed by atoms with Crippen LogP contribution in [-0.2, 0) is 16.0 Å². The van der Waals surface area contributed by atoms with E-state index in [2.05, 4.69) is 4.98 Å². The minimum absolute atomic E-state index is 0.0910. The number of methoxy groups -OCH3 is 2. The molecule has 4 rings (SSSR count). The molecule has 0 bridgehead atoms. The Morgan fingerprint density at radius 1 is 1.22 bits per heavy atom. The number of amides is 1. The van der Waals surface area contributed by atoms with Crippen molar-refractivity contribution in [3.05, 3.63) is 58.4 Å². The SMILES string of the molecule is COCCc1nc(-c2ccc3c(c2)N(CC(=O)c2cccc(OC)c2)C(=O)C(C)O3)cs1. The summed E-state index contributed by atoms with van der Waals surface area (Å²) in [6.07, 6.45) is 0.0678. The van der Waals surface area contributed by atoms with Crippen LogP contribution < -0.4 is 14.4 Å². The Labute approximate surface area is 190 Å². The van der Waals surface area contributed by atoms with Crippen molar-refractivity contribution in [1.29, 1.82) is 0 Å². The molecule has 0 N–H and O–H groups in total. The molecule has 0 fully saturated rings. The number of fused-ring (bicyclic) bond motifs is 1. The Morgan fingerprint density at radius 2 is 2.06 bits per heavy atom. The molecule has 1 aliphatic heterocycles. The number of nitrogens with zero attached hydrogens (tertiary/aromatic N) is 2. The second-order valence-electron chi connectivity index (χ2n) is 7.39. The minimum Gasteiger partial charge on any atom is -0.497 e. The highest BCUT2D eigenvalue weighted by atomic mass is 32.1. The van der Waals surface area contributed by atoms with Crippen LogP contribution in [0.2, 0.25) is 0 Å². The Kier molecular flexibility index (Phi) is 6.53. The first-order valence-electron chi connectivity index (χ1n) is 10.2. The van der Waals surface area contributed by atoms with E-state index < -0.39 is 6.10 Å². The van der Waals surface area contributed by atoms with Gasteiger partial charge in [0.1, 0.15) is 11.5 Å². The van der Waals surface area contributed by atoms with Gasteiger partial charge in [-0.3, -0.25) is 14.5 Å². The summed E-state index contributed by atoms with van der Waals surface area (Å²) in [4.78, 5) is 32.1. The highest BCUT2D eigenvalue weighted by Crippen LogP contribution is 2.38. The van der Waals surface area contributed by atoms with Crippen molar-refractivity contribution in [3.63, 3.8) is 0 Å². The second kappa shape index (κ2) is 9.50. The molecule has 8 heteroatoms. The molecule has 2 aromatic carbocycles. The lowest BCUT2D eigenvalue weighted by Gasteiger charge is -2.33. The van der Waals surface area contributed by atoms with E-state index in [0.29, 0.717) is 29.4 Å². The standard InChI is InChI=1S/C24H24N2O5S/c1-15-24(28)26(13-21(27)17-5-4-6-18(11-17)30-3)20-12-16(7-8-22(20)31-15)19-14-32-23(25-19)9-10-29-2/h4-8,11-12,14-15H,9-10,13H2,1-3H3. The molecule has 1 unspecified atom stereocenters. The van der Waals surface area contributed by atoms with E-state index >= 15 is 0 Å². The van der Waals surface area contributed by atoms with Crippen molar-refractivity contribution in [1.82, 2.24) is 4.98 Å². The predicted molar refractivity (Wildman–Crippen MR) is 123 cm³/mol. The van der Waals surface area contributed by atoms with Crippen LogP contribution in [0.4, 0.5) is 5.69 Å². The third kappa shape index (κ3) is 4.51. The van der Waals surface area contributed by atoms with Gasteiger partial charge in [0.05, 0.1) is 36.7 Å². The monoisotopic (exact) mass is 452 g/mol. The van der Waals surface area contributed by atoms with Gasteiger partial charge in [0, 0.05) is 30.0 Å². The Bertz CT molecular complexity index is 1140. The maximum Gasteiger partial charge on any atom is 0.268 e. The fraction of sp³-hybridized carbons (Fsp3) is 0.292. The highest BCUT2D eigenvalue weighted by molar-refractivity contribution is 7.09. The smallest absolute Gasteiger partial charge is 0.268 e. The maximum atomic E-state index is 13.0. The molecular weight excluding hydrogens is 428 g/mol. The molecule has 1 atom stereocenters. The van der Waals surface area contributed by atoms with E-state index in [1.165, 1.54) is 4.90 Å². The first kappa shape index (κ1) is 22.0. The van der Waals surface area contributed by atoms with E-state index in [1.54, 1.807) is 56.7 Å². The summed E-state index contributed by atoms with van der Waals surface area (Å²) in [6.45, 7) is 2.20. The predicted octanol–water partition coefficient (Wildman–Crippen LogP) is 4.00. The molecule has 7 nitrogen and oxygen atoms in total. The number of aromatic nitrogens is 1. The number of hydrogen-bond donors (Lipinski definition) is 0. The number of ketones is 1. The summed E-state index contributed by atoms with van der Waals surface area (Å²) >= 11 is 1.57. The van der Waals surface area contributed by atoms with Crippen molar-refractivity contribution in [2.24, 2.45) is 0 Å². The van der Waals surface area contributed by atoms with E-state index in [4.69, 9.17) is 14.2 Å². The van der Waals surface area contributed by atoms with Gasteiger partial charge in [-0.2, -0.15) is 0 Å². The molecule has 32 heavy (non-hydrogen) atoms. The van der Waals surface area contributed by atoms with Crippen LogP contribution in [0.25, 0.3) is 11.3 Å². The van der Waals surface area contributed by atoms with Crippen LogP contribution in [0, 0.1) is 0 Å². The number of benzene rings is 2. The molecule has 0 spiro atoms. The average Bonchev–Trinajstić information content (AvgIpc) is 3.29. The number of ether oxygens (including phenoxy) is 3.